The number of sulfonamides is 1. The summed E-state index contributed by atoms with van der Waals surface area (Å²) in [6, 6.07) is 9.44. The molecule has 26 heavy (non-hydrogen) atoms. The summed E-state index contributed by atoms with van der Waals surface area (Å²) in [5, 5.41) is 0. The Labute approximate surface area is 163 Å². The van der Waals surface area contributed by atoms with Crippen LogP contribution in [0.4, 0.5) is 0 Å². The van der Waals surface area contributed by atoms with Gasteiger partial charge in [-0.05, 0) is 44.2 Å². The van der Waals surface area contributed by atoms with E-state index >= 15 is 0 Å². The van der Waals surface area contributed by atoms with Crippen LogP contribution in [0.3, 0.4) is 0 Å². The lowest BCUT2D eigenvalue weighted by Crippen LogP contribution is -2.32. The van der Waals surface area contributed by atoms with E-state index in [1.165, 1.54) is 23.5 Å². The van der Waals surface area contributed by atoms with E-state index in [1.54, 1.807) is 43.0 Å². The van der Waals surface area contributed by atoms with E-state index in [2.05, 4.69) is 11.3 Å². The maximum atomic E-state index is 12.9. The first-order chi connectivity index (χ1) is 12.2. The minimum atomic E-state index is -3.67. The average molecular weight is 413 g/mol. The van der Waals surface area contributed by atoms with E-state index in [-0.39, 0.29) is 16.8 Å². The van der Waals surface area contributed by atoms with Crippen LogP contribution in [0.5, 0.6) is 0 Å². The lowest BCUT2D eigenvalue weighted by atomic mass is 10.2. The molecule has 0 radical (unpaired) electrons. The number of nitrogens with zero attached hydrogens (tertiary/aromatic N) is 1. The number of amides is 1. The monoisotopic (exact) mass is 412 g/mol. The molecular weight excluding hydrogens is 392 g/mol. The number of hydrogen-bond acceptors (Lipinski definition) is 4. The van der Waals surface area contributed by atoms with Crippen LogP contribution in [0.15, 0.2) is 53.9 Å². The van der Waals surface area contributed by atoms with Crippen LogP contribution in [0.1, 0.15) is 29.1 Å². The van der Waals surface area contributed by atoms with E-state index < -0.39 is 10.0 Å². The van der Waals surface area contributed by atoms with Crippen molar-refractivity contribution >= 4 is 38.9 Å². The molecule has 1 heterocycles. The van der Waals surface area contributed by atoms with E-state index in [4.69, 9.17) is 11.6 Å². The fourth-order valence-corrected chi connectivity index (χ4v) is 4.76. The molecule has 140 valence electrons. The van der Waals surface area contributed by atoms with Gasteiger partial charge in [0.2, 0.25) is 10.0 Å². The molecule has 2 rings (SSSR count). The fraction of sp³-hybridized carbons (Fsp3) is 0.278. The van der Waals surface area contributed by atoms with Crippen molar-refractivity contribution < 1.29 is 13.2 Å². The molecule has 0 saturated heterocycles. The van der Waals surface area contributed by atoms with Crippen LogP contribution in [0.2, 0.25) is 4.34 Å². The number of thiophene rings is 1. The van der Waals surface area contributed by atoms with Crippen molar-refractivity contribution in [2.75, 3.05) is 6.54 Å². The predicted octanol–water partition coefficient (Wildman–Crippen LogP) is 3.92. The molecule has 1 aromatic carbocycles. The highest BCUT2D eigenvalue weighted by Gasteiger charge is 2.20. The summed E-state index contributed by atoms with van der Waals surface area (Å²) in [7, 11) is -3.67. The minimum absolute atomic E-state index is 0.0646. The Bertz CT molecular complexity index is 891. The van der Waals surface area contributed by atoms with E-state index in [0.29, 0.717) is 23.0 Å². The molecule has 0 unspecified atom stereocenters. The summed E-state index contributed by atoms with van der Waals surface area (Å²) in [5.41, 5.74) is 0.307. The number of nitrogens with one attached hydrogen (secondary N) is 1. The molecule has 1 aromatic heterocycles. The van der Waals surface area contributed by atoms with Gasteiger partial charge in [0.1, 0.15) is 0 Å². The molecule has 1 N–H and O–H groups in total. The smallest absolute Gasteiger partial charge is 0.254 e. The third-order valence-electron chi connectivity index (χ3n) is 3.39. The Balaban J connectivity index is 2.28. The van der Waals surface area contributed by atoms with Gasteiger partial charge in [-0.1, -0.05) is 23.7 Å². The highest BCUT2D eigenvalue weighted by molar-refractivity contribution is 7.89. The van der Waals surface area contributed by atoms with Crippen molar-refractivity contribution in [2.24, 2.45) is 0 Å². The van der Waals surface area contributed by atoms with Gasteiger partial charge in [0.15, 0.2) is 0 Å². The van der Waals surface area contributed by atoms with Gasteiger partial charge in [0, 0.05) is 23.0 Å². The molecule has 0 fully saturated rings. The van der Waals surface area contributed by atoms with Crippen molar-refractivity contribution in [3.05, 3.63) is 63.8 Å². The second-order valence-electron chi connectivity index (χ2n) is 5.98. The van der Waals surface area contributed by atoms with Gasteiger partial charge < -0.3 is 4.90 Å². The molecule has 0 saturated carbocycles. The van der Waals surface area contributed by atoms with Gasteiger partial charge in [-0.15, -0.1) is 17.9 Å². The Morgan fingerprint density at radius 3 is 2.65 bits per heavy atom. The molecule has 0 bridgehead atoms. The minimum Gasteiger partial charge on any atom is -0.330 e. The first-order valence-corrected chi connectivity index (χ1v) is 10.7. The molecule has 8 heteroatoms. The number of carbonyl (C=O) groups excluding carboxylic acids is 1. The van der Waals surface area contributed by atoms with Gasteiger partial charge in [0.05, 0.1) is 15.8 Å². The lowest BCUT2D eigenvalue weighted by Gasteiger charge is -2.21. The number of carbonyl (C=O) groups is 1. The van der Waals surface area contributed by atoms with Crippen molar-refractivity contribution in [1.29, 1.82) is 0 Å². The van der Waals surface area contributed by atoms with Crippen molar-refractivity contribution in [3.8, 4) is 0 Å². The Kier molecular flexibility index (Phi) is 7.00. The molecule has 0 aliphatic carbocycles. The van der Waals surface area contributed by atoms with Crippen LogP contribution in [-0.4, -0.2) is 31.8 Å². The van der Waals surface area contributed by atoms with Crippen molar-refractivity contribution in [1.82, 2.24) is 9.62 Å². The molecule has 0 spiro atoms. The van der Waals surface area contributed by atoms with Crippen molar-refractivity contribution in [3.63, 3.8) is 0 Å². The zero-order valence-electron chi connectivity index (χ0n) is 14.6. The van der Waals surface area contributed by atoms with Gasteiger partial charge in [0.25, 0.3) is 5.91 Å². The fourth-order valence-electron chi connectivity index (χ4n) is 2.36. The standard InChI is InChI=1S/C18H21ClN2O3S2/c1-4-10-21(12-15-8-9-17(19)25-15)18(22)14-6-5-7-16(11-14)26(23,24)20-13(2)3/h4-9,11,13,20H,1,10,12H2,2-3H3. The topological polar surface area (TPSA) is 66.5 Å². The number of rotatable bonds is 8. The van der Waals surface area contributed by atoms with Gasteiger partial charge >= 0.3 is 0 Å². The maximum absolute atomic E-state index is 12.9. The molecule has 2 aromatic rings. The summed E-state index contributed by atoms with van der Waals surface area (Å²) in [6.07, 6.45) is 1.63. The van der Waals surface area contributed by atoms with Gasteiger partial charge in [-0.3, -0.25) is 4.79 Å². The Hall–Kier alpha value is -1.67. The van der Waals surface area contributed by atoms with Crippen LogP contribution >= 0.6 is 22.9 Å². The first-order valence-electron chi connectivity index (χ1n) is 7.99. The zero-order valence-corrected chi connectivity index (χ0v) is 17.0. The summed E-state index contributed by atoms with van der Waals surface area (Å²) >= 11 is 7.35. The summed E-state index contributed by atoms with van der Waals surface area (Å²) < 4.78 is 27.9. The largest absolute Gasteiger partial charge is 0.330 e. The number of benzene rings is 1. The molecule has 0 aliphatic heterocycles. The quantitative estimate of drug-likeness (QED) is 0.668. The lowest BCUT2D eigenvalue weighted by molar-refractivity contribution is 0.0764. The molecular formula is C18H21ClN2O3S2. The van der Waals surface area contributed by atoms with Crippen LogP contribution in [0, 0.1) is 0 Å². The molecule has 0 atom stereocenters. The zero-order chi connectivity index (χ0) is 19.3. The second kappa shape index (κ2) is 8.81. The maximum Gasteiger partial charge on any atom is 0.254 e. The van der Waals surface area contributed by atoms with Crippen molar-refractivity contribution in [2.45, 2.75) is 31.3 Å². The third kappa shape index (κ3) is 5.41. The highest BCUT2D eigenvalue weighted by atomic mass is 35.5. The first kappa shape index (κ1) is 20.6. The number of hydrogen-bond donors (Lipinski definition) is 1. The molecule has 5 nitrogen and oxygen atoms in total. The van der Waals surface area contributed by atoms with E-state index in [0.717, 1.165) is 4.88 Å². The van der Waals surface area contributed by atoms with E-state index in [9.17, 15) is 13.2 Å². The SMILES string of the molecule is C=CCN(Cc1ccc(Cl)s1)C(=O)c1cccc(S(=O)(=O)NC(C)C)c1. The summed E-state index contributed by atoms with van der Waals surface area (Å²) in [4.78, 5) is 15.5. The van der Waals surface area contributed by atoms with Crippen LogP contribution in [0.25, 0.3) is 0 Å². The predicted molar refractivity (Wildman–Crippen MR) is 106 cm³/mol. The molecule has 0 aliphatic rings. The van der Waals surface area contributed by atoms with Crippen LogP contribution < -0.4 is 4.72 Å². The van der Waals surface area contributed by atoms with Gasteiger partial charge in [-0.25, -0.2) is 13.1 Å². The Morgan fingerprint density at radius 1 is 1.35 bits per heavy atom. The average Bonchev–Trinajstić information content (AvgIpc) is 2.98. The summed E-state index contributed by atoms with van der Waals surface area (Å²) in [5.74, 6) is -0.268. The van der Waals surface area contributed by atoms with Gasteiger partial charge in [-0.2, -0.15) is 0 Å². The third-order valence-corrected chi connectivity index (χ3v) is 6.27. The normalized spacial score (nSPS) is 11.5. The van der Waals surface area contributed by atoms with E-state index in [1.807, 2.05) is 6.07 Å². The molecule has 1 amide bonds. The summed E-state index contributed by atoms with van der Waals surface area (Å²) in [6.45, 7) is 7.89. The highest BCUT2D eigenvalue weighted by Crippen LogP contribution is 2.23. The van der Waals surface area contributed by atoms with Crippen LogP contribution in [-0.2, 0) is 16.6 Å². The number of halogens is 1. The Morgan fingerprint density at radius 2 is 2.08 bits per heavy atom. The second-order valence-corrected chi connectivity index (χ2v) is 9.50.